The van der Waals surface area contributed by atoms with E-state index in [1.54, 1.807) is 0 Å². The van der Waals surface area contributed by atoms with Crippen LogP contribution >= 0.6 is 0 Å². The number of hydroxylamine groups is 3. The molecule has 0 aromatic heterocycles. The summed E-state index contributed by atoms with van der Waals surface area (Å²) in [6.45, 7) is 3.73. The zero-order chi connectivity index (χ0) is 22.4. The summed E-state index contributed by atoms with van der Waals surface area (Å²) in [5, 5.41) is 11.2. The molecule has 5 heteroatoms. The minimum absolute atomic E-state index is 0.136. The van der Waals surface area contributed by atoms with Crippen molar-refractivity contribution in [2.45, 2.75) is 69.6 Å². The molecule has 2 aromatic rings. The molecule has 2 aliphatic rings. The molecule has 2 fully saturated rings. The van der Waals surface area contributed by atoms with Gasteiger partial charge in [0.2, 0.25) is 5.60 Å². The lowest BCUT2D eigenvalue weighted by Gasteiger charge is -2.44. The number of rotatable bonds is 6. The van der Waals surface area contributed by atoms with Crippen molar-refractivity contribution in [3.63, 3.8) is 0 Å². The van der Waals surface area contributed by atoms with Crippen LogP contribution in [0.3, 0.4) is 0 Å². The van der Waals surface area contributed by atoms with E-state index in [-0.39, 0.29) is 22.8 Å². The highest BCUT2D eigenvalue weighted by Gasteiger charge is 2.48. The Morgan fingerprint density at radius 3 is 2.19 bits per heavy atom. The molecule has 3 atom stereocenters. The highest BCUT2D eigenvalue weighted by Crippen LogP contribution is 2.38. The van der Waals surface area contributed by atoms with Crippen LogP contribution in [0.25, 0.3) is 0 Å². The number of piperidine rings is 1. The van der Waals surface area contributed by atoms with Crippen molar-refractivity contribution in [1.82, 2.24) is 0 Å². The summed E-state index contributed by atoms with van der Waals surface area (Å²) in [6.07, 6.45) is 6.75. The Kier molecular flexibility index (Phi) is 7.29. The Bertz CT molecular complexity index is 832. The van der Waals surface area contributed by atoms with Crippen LogP contribution in [0.15, 0.2) is 60.7 Å². The summed E-state index contributed by atoms with van der Waals surface area (Å²) in [5.74, 6) is -0.370. The van der Waals surface area contributed by atoms with Gasteiger partial charge in [-0.2, -0.15) is 4.65 Å². The number of hydrogen-bond donors (Lipinski definition) is 1. The summed E-state index contributed by atoms with van der Waals surface area (Å²) in [7, 11) is 0. The summed E-state index contributed by atoms with van der Waals surface area (Å²) < 4.78 is 12.6. The van der Waals surface area contributed by atoms with Gasteiger partial charge in [0.15, 0.2) is 0 Å². The van der Waals surface area contributed by atoms with Gasteiger partial charge in [-0.15, -0.1) is 0 Å². The SMILES string of the molecule is CCOC(C(=O)OC1CC[N+]2(O)CCCCCCC2C1)(c1ccccc1)c1ccccc1. The number of benzene rings is 2. The molecule has 32 heavy (non-hydrogen) atoms. The summed E-state index contributed by atoms with van der Waals surface area (Å²) in [6, 6.07) is 19.4. The van der Waals surface area contributed by atoms with Gasteiger partial charge in [0, 0.05) is 25.9 Å². The van der Waals surface area contributed by atoms with Crippen LogP contribution in [-0.4, -0.2) is 47.7 Å². The van der Waals surface area contributed by atoms with Gasteiger partial charge in [-0.1, -0.05) is 67.1 Å². The van der Waals surface area contributed by atoms with Crippen molar-refractivity contribution in [1.29, 1.82) is 0 Å². The van der Waals surface area contributed by atoms with E-state index < -0.39 is 5.60 Å². The number of fused-ring (bicyclic) bond motifs is 1. The van der Waals surface area contributed by atoms with Gasteiger partial charge in [-0.3, -0.25) is 0 Å². The number of hydrogen-bond acceptors (Lipinski definition) is 4. The van der Waals surface area contributed by atoms with Gasteiger partial charge >= 0.3 is 5.97 Å². The molecule has 2 heterocycles. The molecule has 172 valence electrons. The van der Waals surface area contributed by atoms with E-state index in [1.165, 1.54) is 12.8 Å². The lowest BCUT2D eigenvalue weighted by Crippen LogP contribution is -2.59. The first-order valence-corrected chi connectivity index (χ1v) is 12.1. The highest BCUT2D eigenvalue weighted by atomic mass is 16.6. The second-order valence-corrected chi connectivity index (χ2v) is 9.19. The average molecular weight is 439 g/mol. The van der Waals surface area contributed by atoms with E-state index in [2.05, 4.69) is 0 Å². The van der Waals surface area contributed by atoms with Crippen LogP contribution < -0.4 is 0 Å². The minimum atomic E-state index is -1.30. The van der Waals surface area contributed by atoms with E-state index in [4.69, 9.17) is 9.47 Å². The topological polar surface area (TPSA) is 55.8 Å². The van der Waals surface area contributed by atoms with Gasteiger partial charge in [0.1, 0.15) is 25.2 Å². The minimum Gasteiger partial charge on any atom is -0.459 e. The number of carbonyl (C=O) groups excluding carboxylic acids is 1. The lowest BCUT2D eigenvalue weighted by molar-refractivity contribution is -1.12. The predicted molar refractivity (Wildman–Crippen MR) is 123 cm³/mol. The molecule has 5 nitrogen and oxygen atoms in total. The third kappa shape index (κ3) is 4.61. The van der Waals surface area contributed by atoms with Crippen molar-refractivity contribution in [2.75, 3.05) is 19.7 Å². The standard InChI is InChI=1S/C27H36NO4/c1-2-31-27(22-13-7-5-8-14-22,23-15-9-6-10-16-23)26(29)32-25-18-20-28(30)19-12-4-3-11-17-24(28)21-25/h5-10,13-16,24-25,30H,2-4,11-12,17-21H2,1H3/q+1. The first-order chi connectivity index (χ1) is 15.6. The van der Waals surface area contributed by atoms with Crippen LogP contribution in [0, 0.1) is 0 Å². The molecule has 2 saturated heterocycles. The van der Waals surface area contributed by atoms with Crippen molar-refractivity contribution in [3.05, 3.63) is 71.8 Å². The molecule has 0 bridgehead atoms. The number of quaternary nitrogens is 1. The van der Waals surface area contributed by atoms with Crippen molar-refractivity contribution < 1.29 is 24.1 Å². The maximum atomic E-state index is 13.9. The van der Waals surface area contributed by atoms with Crippen molar-refractivity contribution in [2.24, 2.45) is 0 Å². The largest absolute Gasteiger partial charge is 0.459 e. The Hall–Kier alpha value is -2.21. The molecule has 0 saturated carbocycles. The number of ether oxygens (including phenoxy) is 2. The van der Waals surface area contributed by atoms with Crippen molar-refractivity contribution >= 4 is 5.97 Å². The van der Waals surface area contributed by atoms with Crippen molar-refractivity contribution in [3.8, 4) is 0 Å². The first kappa shape index (κ1) is 23.0. The average Bonchev–Trinajstić information content (AvgIpc) is 2.81. The second-order valence-electron chi connectivity index (χ2n) is 9.19. The molecule has 0 aliphatic carbocycles. The molecule has 1 N–H and O–H groups in total. The van der Waals surface area contributed by atoms with Crippen LogP contribution in [-0.2, 0) is 19.9 Å². The van der Waals surface area contributed by atoms with E-state index in [9.17, 15) is 10.0 Å². The van der Waals surface area contributed by atoms with Gasteiger partial charge < -0.3 is 9.47 Å². The van der Waals surface area contributed by atoms with Gasteiger partial charge in [-0.05, 0) is 37.3 Å². The van der Waals surface area contributed by atoms with Crippen LogP contribution in [0.4, 0.5) is 0 Å². The van der Waals surface area contributed by atoms with Gasteiger partial charge in [0.05, 0.1) is 0 Å². The summed E-state index contributed by atoms with van der Waals surface area (Å²) >= 11 is 0. The first-order valence-electron chi connectivity index (χ1n) is 12.1. The normalized spacial score (nSPS) is 26.4. The second kappa shape index (κ2) is 10.2. The predicted octanol–water partition coefficient (Wildman–Crippen LogP) is 5.21. The van der Waals surface area contributed by atoms with E-state index in [1.807, 2.05) is 67.6 Å². The maximum absolute atomic E-state index is 13.9. The molecule has 3 unspecified atom stereocenters. The molecule has 0 spiro atoms. The number of nitrogens with zero attached hydrogens (tertiary/aromatic N) is 1. The Morgan fingerprint density at radius 1 is 0.938 bits per heavy atom. The van der Waals surface area contributed by atoms with Crippen LogP contribution in [0.5, 0.6) is 0 Å². The highest BCUT2D eigenvalue weighted by molar-refractivity contribution is 5.86. The summed E-state index contributed by atoms with van der Waals surface area (Å²) in [4.78, 5) is 13.9. The van der Waals surface area contributed by atoms with Gasteiger partial charge in [-0.25, -0.2) is 10.0 Å². The molecule has 0 amide bonds. The molecular weight excluding hydrogens is 402 g/mol. The Labute approximate surface area is 191 Å². The maximum Gasteiger partial charge on any atom is 0.348 e. The molecule has 2 aromatic carbocycles. The zero-order valence-corrected chi connectivity index (χ0v) is 19.1. The van der Waals surface area contributed by atoms with E-state index in [0.29, 0.717) is 26.0 Å². The smallest absolute Gasteiger partial charge is 0.348 e. The van der Waals surface area contributed by atoms with E-state index >= 15 is 0 Å². The molecule has 2 aliphatic heterocycles. The number of esters is 1. The Balaban J connectivity index is 1.61. The lowest BCUT2D eigenvalue weighted by atomic mass is 9.85. The fourth-order valence-electron chi connectivity index (χ4n) is 5.47. The zero-order valence-electron chi connectivity index (χ0n) is 19.1. The van der Waals surface area contributed by atoms with Crippen LogP contribution in [0.1, 0.15) is 63.0 Å². The quantitative estimate of drug-likeness (QED) is 0.497. The fourth-order valence-corrected chi connectivity index (χ4v) is 5.47. The third-order valence-electron chi connectivity index (χ3n) is 7.17. The number of carbonyl (C=O) groups is 1. The Morgan fingerprint density at radius 2 is 1.56 bits per heavy atom. The van der Waals surface area contributed by atoms with Gasteiger partial charge in [0.25, 0.3) is 0 Å². The van der Waals surface area contributed by atoms with E-state index in [0.717, 1.165) is 36.9 Å². The molecule has 0 radical (unpaired) electrons. The van der Waals surface area contributed by atoms with Crippen LogP contribution in [0.2, 0.25) is 0 Å². The fraction of sp³-hybridized carbons (Fsp3) is 0.519. The molecular formula is C27H36NO4+. The third-order valence-corrected chi connectivity index (χ3v) is 7.17. The monoisotopic (exact) mass is 438 g/mol. The molecule has 4 rings (SSSR count). The summed E-state index contributed by atoms with van der Waals surface area (Å²) in [5.41, 5.74) is 0.236.